The van der Waals surface area contributed by atoms with Gasteiger partial charge < -0.3 is 10.2 Å². The largest absolute Gasteiger partial charge is 0.352 e. The molecule has 1 saturated heterocycles. The number of nitrogens with zero attached hydrogens (tertiary/aromatic N) is 5. The molecule has 0 spiro atoms. The standard InChI is InChI=1S/C26H25FN6O/c27-20-5-7-21(8-6-20)29-25(34)18-32-13-15-33(16-14-32)26-23-4-2-1-3-22(23)24(30-31-26)17-19-9-11-28-12-10-19/h1-12H,13-18H2,(H,29,34). The van der Waals surface area contributed by atoms with E-state index < -0.39 is 0 Å². The van der Waals surface area contributed by atoms with Crippen LogP contribution in [0.5, 0.6) is 0 Å². The molecule has 1 aliphatic heterocycles. The van der Waals surface area contributed by atoms with Crippen LogP contribution in [-0.4, -0.2) is 58.7 Å². The number of anilines is 2. The Morgan fingerprint density at radius 1 is 0.882 bits per heavy atom. The maximum absolute atomic E-state index is 13.1. The van der Waals surface area contributed by atoms with Gasteiger partial charge in [-0.15, -0.1) is 5.10 Å². The van der Waals surface area contributed by atoms with Crippen molar-refractivity contribution in [3.8, 4) is 0 Å². The first kappa shape index (κ1) is 21.9. The number of benzene rings is 2. The number of hydrogen-bond donors (Lipinski definition) is 1. The summed E-state index contributed by atoms with van der Waals surface area (Å²) in [6, 6.07) is 18.0. The predicted molar refractivity (Wildman–Crippen MR) is 130 cm³/mol. The van der Waals surface area contributed by atoms with Crippen molar-refractivity contribution in [1.29, 1.82) is 0 Å². The van der Waals surface area contributed by atoms with Crippen LogP contribution in [0, 0.1) is 5.82 Å². The number of carbonyl (C=O) groups excluding carboxylic acids is 1. The number of amides is 1. The lowest BCUT2D eigenvalue weighted by Crippen LogP contribution is -2.49. The molecule has 0 atom stereocenters. The molecule has 172 valence electrons. The van der Waals surface area contributed by atoms with E-state index in [-0.39, 0.29) is 11.7 Å². The molecule has 1 fully saturated rings. The smallest absolute Gasteiger partial charge is 0.238 e. The molecule has 2 aromatic carbocycles. The Labute approximate surface area is 197 Å². The highest BCUT2D eigenvalue weighted by Crippen LogP contribution is 2.27. The van der Waals surface area contributed by atoms with E-state index in [1.807, 2.05) is 24.3 Å². The number of pyridine rings is 1. The number of fused-ring (bicyclic) bond motifs is 1. The molecule has 7 nitrogen and oxygen atoms in total. The van der Waals surface area contributed by atoms with Crippen LogP contribution >= 0.6 is 0 Å². The summed E-state index contributed by atoms with van der Waals surface area (Å²) in [4.78, 5) is 20.8. The lowest BCUT2D eigenvalue weighted by Gasteiger charge is -2.35. The van der Waals surface area contributed by atoms with Gasteiger partial charge in [-0.2, -0.15) is 5.10 Å². The first-order chi connectivity index (χ1) is 16.7. The molecule has 4 aromatic rings. The van der Waals surface area contributed by atoms with E-state index in [2.05, 4.69) is 42.4 Å². The second kappa shape index (κ2) is 9.93. The number of hydrogen-bond acceptors (Lipinski definition) is 6. The van der Waals surface area contributed by atoms with Crippen molar-refractivity contribution in [3.05, 3.63) is 90.1 Å². The topological polar surface area (TPSA) is 74.2 Å². The molecule has 0 unspecified atom stereocenters. The number of nitrogens with one attached hydrogen (secondary N) is 1. The summed E-state index contributed by atoms with van der Waals surface area (Å²) in [6.45, 7) is 3.29. The van der Waals surface area contributed by atoms with Gasteiger partial charge in [0.25, 0.3) is 0 Å². The highest BCUT2D eigenvalue weighted by molar-refractivity contribution is 5.94. The van der Waals surface area contributed by atoms with E-state index in [4.69, 9.17) is 0 Å². The minimum atomic E-state index is -0.324. The van der Waals surface area contributed by atoms with E-state index in [1.54, 1.807) is 24.5 Å². The van der Waals surface area contributed by atoms with Crippen LogP contribution in [0.2, 0.25) is 0 Å². The van der Waals surface area contributed by atoms with Crippen molar-refractivity contribution in [2.45, 2.75) is 6.42 Å². The Hall–Kier alpha value is -3.91. The van der Waals surface area contributed by atoms with Gasteiger partial charge in [0, 0.05) is 61.5 Å². The average Bonchev–Trinajstić information content (AvgIpc) is 2.87. The lowest BCUT2D eigenvalue weighted by atomic mass is 10.0. The zero-order valence-electron chi connectivity index (χ0n) is 18.7. The van der Waals surface area contributed by atoms with E-state index in [9.17, 15) is 9.18 Å². The highest BCUT2D eigenvalue weighted by atomic mass is 19.1. The fourth-order valence-corrected chi connectivity index (χ4v) is 4.26. The molecule has 0 radical (unpaired) electrons. The molecule has 1 aliphatic rings. The number of carbonyl (C=O) groups is 1. The van der Waals surface area contributed by atoms with E-state index in [0.717, 1.165) is 54.0 Å². The first-order valence-corrected chi connectivity index (χ1v) is 11.3. The summed E-state index contributed by atoms with van der Waals surface area (Å²) in [5, 5.41) is 14.2. The van der Waals surface area contributed by atoms with Crippen LogP contribution < -0.4 is 10.2 Å². The molecular formula is C26H25FN6O. The predicted octanol–water partition coefficient (Wildman–Crippen LogP) is 3.52. The number of piperazine rings is 1. The molecule has 0 aliphatic carbocycles. The monoisotopic (exact) mass is 456 g/mol. The van der Waals surface area contributed by atoms with Crippen LogP contribution in [0.15, 0.2) is 73.1 Å². The maximum Gasteiger partial charge on any atom is 0.238 e. The van der Waals surface area contributed by atoms with Crippen molar-refractivity contribution < 1.29 is 9.18 Å². The molecule has 5 rings (SSSR count). The van der Waals surface area contributed by atoms with E-state index in [0.29, 0.717) is 18.7 Å². The normalized spacial score (nSPS) is 14.3. The summed E-state index contributed by atoms with van der Waals surface area (Å²) in [5.41, 5.74) is 2.69. The zero-order valence-corrected chi connectivity index (χ0v) is 18.7. The van der Waals surface area contributed by atoms with Crippen LogP contribution in [-0.2, 0) is 11.2 Å². The molecule has 2 aromatic heterocycles. The molecule has 8 heteroatoms. The van der Waals surface area contributed by atoms with Gasteiger partial charge in [-0.1, -0.05) is 24.3 Å². The van der Waals surface area contributed by atoms with Crippen LogP contribution in [0.1, 0.15) is 11.3 Å². The molecular weight excluding hydrogens is 431 g/mol. The van der Waals surface area contributed by atoms with Crippen LogP contribution in [0.3, 0.4) is 0 Å². The van der Waals surface area contributed by atoms with Crippen LogP contribution in [0.4, 0.5) is 15.9 Å². The third-order valence-corrected chi connectivity index (χ3v) is 6.03. The zero-order chi connectivity index (χ0) is 23.3. The van der Waals surface area contributed by atoms with E-state index in [1.165, 1.54) is 12.1 Å². The van der Waals surface area contributed by atoms with Gasteiger partial charge in [-0.3, -0.25) is 14.7 Å². The summed E-state index contributed by atoms with van der Waals surface area (Å²) in [6.07, 6.45) is 4.28. The van der Waals surface area contributed by atoms with Crippen molar-refractivity contribution in [1.82, 2.24) is 20.1 Å². The third-order valence-electron chi connectivity index (χ3n) is 6.03. The lowest BCUT2D eigenvalue weighted by molar-refractivity contribution is -0.117. The van der Waals surface area contributed by atoms with Crippen molar-refractivity contribution >= 4 is 28.2 Å². The average molecular weight is 457 g/mol. The number of rotatable bonds is 6. The quantitative estimate of drug-likeness (QED) is 0.479. The number of halogens is 1. The molecule has 1 N–H and O–H groups in total. The van der Waals surface area contributed by atoms with Crippen molar-refractivity contribution in [3.63, 3.8) is 0 Å². The molecule has 0 saturated carbocycles. The first-order valence-electron chi connectivity index (χ1n) is 11.3. The summed E-state index contributed by atoms with van der Waals surface area (Å²) < 4.78 is 13.1. The number of aromatic nitrogens is 3. The van der Waals surface area contributed by atoms with Gasteiger partial charge in [0.2, 0.25) is 5.91 Å². The molecule has 0 bridgehead atoms. The van der Waals surface area contributed by atoms with Crippen molar-refractivity contribution in [2.75, 3.05) is 42.9 Å². The summed E-state index contributed by atoms with van der Waals surface area (Å²) in [5.74, 6) is 0.449. The second-order valence-corrected chi connectivity index (χ2v) is 8.37. The Kier molecular flexibility index (Phi) is 6.40. The molecule has 3 heterocycles. The molecule has 34 heavy (non-hydrogen) atoms. The van der Waals surface area contributed by atoms with Crippen LogP contribution in [0.25, 0.3) is 10.8 Å². The minimum absolute atomic E-state index is 0.106. The fraction of sp³-hybridized carbons (Fsp3) is 0.231. The van der Waals surface area contributed by atoms with Gasteiger partial charge in [-0.05, 0) is 42.0 Å². The van der Waals surface area contributed by atoms with Gasteiger partial charge in [0.05, 0.1) is 12.2 Å². The summed E-state index contributed by atoms with van der Waals surface area (Å²) in [7, 11) is 0. The van der Waals surface area contributed by atoms with Gasteiger partial charge in [-0.25, -0.2) is 4.39 Å². The highest BCUT2D eigenvalue weighted by Gasteiger charge is 2.22. The van der Waals surface area contributed by atoms with Gasteiger partial charge in [0.15, 0.2) is 5.82 Å². The second-order valence-electron chi connectivity index (χ2n) is 8.37. The SMILES string of the molecule is O=C(CN1CCN(c2nnc(Cc3ccncc3)c3ccccc23)CC1)Nc1ccc(F)cc1. The Morgan fingerprint density at radius 3 is 2.32 bits per heavy atom. The van der Waals surface area contributed by atoms with Gasteiger partial charge >= 0.3 is 0 Å². The molecule has 1 amide bonds. The maximum atomic E-state index is 13.1. The Balaban J connectivity index is 1.24. The minimum Gasteiger partial charge on any atom is -0.352 e. The fourth-order valence-electron chi connectivity index (χ4n) is 4.26. The van der Waals surface area contributed by atoms with Crippen molar-refractivity contribution in [2.24, 2.45) is 0 Å². The third kappa shape index (κ3) is 5.02. The Morgan fingerprint density at radius 2 is 1.59 bits per heavy atom. The Bertz CT molecular complexity index is 1270. The van der Waals surface area contributed by atoms with Gasteiger partial charge in [0.1, 0.15) is 5.82 Å². The summed E-state index contributed by atoms with van der Waals surface area (Å²) >= 11 is 0. The van der Waals surface area contributed by atoms with E-state index >= 15 is 0 Å².